The van der Waals surface area contributed by atoms with E-state index in [-0.39, 0.29) is 5.91 Å². The summed E-state index contributed by atoms with van der Waals surface area (Å²) in [6.07, 6.45) is 1.57. The first kappa shape index (κ1) is 18.6. The number of nitrogen functional groups attached to an aromatic ring is 1. The van der Waals surface area contributed by atoms with E-state index >= 15 is 0 Å². The molecule has 27 heavy (non-hydrogen) atoms. The molecule has 3 rings (SSSR count). The van der Waals surface area contributed by atoms with Crippen molar-refractivity contribution < 1.29 is 9.53 Å². The maximum atomic E-state index is 12.0. The summed E-state index contributed by atoms with van der Waals surface area (Å²) in [4.78, 5) is 16.5. The molecule has 0 fully saturated rings. The summed E-state index contributed by atoms with van der Waals surface area (Å²) in [6, 6.07) is 15.7. The predicted molar refractivity (Wildman–Crippen MR) is 108 cm³/mol. The van der Waals surface area contributed by atoms with Crippen molar-refractivity contribution >= 4 is 28.6 Å². The number of aryl methyl sites for hydroxylation is 2. The third-order valence-electron chi connectivity index (χ3n) is 3.77. The van der Waals surface area contributed by atoms with Crippen LogP contribution in [0.5, 0.6) is 5.75 Å². The Morgan fingerprint density at radius 1 is 1.26 bits per heavy atom. The molecule has 0 atom stereocenters. The molecule has 1 aromatic heterocycles. The van der Waals surface area contributed by atoms with E-state index < -0.39 is 0 Å². The highest BCUT2D eigenvalue weighted by Gasteiger charge is 2.13. The molecule has 0 bridgehead atoms. The Labute approximate surface area is 161 Å². The monoisotopic (exact) mass is 380 g/mol. The SMILES string of the molecule is Cc1cccc(COc2ccc(/C=N\NC(=O)c3sc(N)nc3C)cc2)c1. The molecule has 7 heteroatoms. The van der Waals surface area contributed by atoms with Gasteiger partial charge in [0.05, 0.1) is 11.9 Å². The molecule has 0 aliphatic carbocycles. The van der Waals surface area contributed by atoms with Gasteiger partial charge in [0.15, 0.2) is 5.13 Å². The number of nitrogens with zero attached hydrogens (tertiary/aromatic N) is 2. The number of thiazole rings is 1. The lowest BCUT2D eigenvalue weighted by atomic mass is 10.1. The lowest BCUT2D eigenvalue weighted by Crippen LogP contribution is -2.17. The van der Waals surface area contributed by atoms with Crippen LogP contribution in [0.3, 0.4) is 0 Å². The molecule has 6 nitrogen and oxygen atoms in total. The normalized spacial score (nSPS) is 10.9. The van der Waals surface area contributed by atoms with Gasteiger partial charge in [0.25, 0.3) is 5.91 Å². The summed E-state index contributed by atoms with van der Waals surface area (Å²) in [5, 5.41) is 4.34. The number of nitrogens with two attached hydrogens (primary N) is 1. The molecule has 0 aliphatic heterocycles. The molecular formula is C20H20N4O2S. The van der Waals surface area contributed by atoms with E-state index in [4.69, 9.17) is 10.5 Å². The molecule has 2 aromatic carbocycles. The van der Waals surface area contributed by atoms with Gasteiger partial charge in [0, 0.05) is 0 Å². The largest absolute Gasteiger partial charge is 0.489 e. The molecule has 3 aromatic rings. The highest BCUT2D eigenvalue weighted by Crippen LogP contribution is 2.19. The first-order valence-corrected chi connectivity index (χ1v) is 9.17. The second kappa shape index (κ2) is 8.46. The molecule has 0 unspecified atom stereocenters. The van der Waals surface area contributed by atoms with Crippen molar-refractivity contribution in [3.8, 4) is 5.75 Å². The number of carbonyl (C=O) groups excluding carboxylic acids is 1. The number of nitrogens with one attached hydrogen (secondary N) is 1. The molecular weight excluding hydrogens is 360 g/mol. The Kier molecular flexibility index (Phi) is 5.83. The van der Waals surface area contributed by atoms with Gasteiger partial charge in [-0.2, -0.15) is 5.10 Å². The second-order valence-electron chi connectivity index (χ2n) is 6.01. The van der Waals surface area contributed by atoms with Crippen LogP contribution < -0.4 is 15.9 Å². The van der Waals surface area contributed by atoms with E-state index in [2.05, 4.69) is 34.6 Å². The van der Waals surface area contributed by atoms with E-state index in [0.717, 1.165) is 28.2 Å². The van der Waals surface area contributed by atoms with Gasteiger partial charge in [-0.25, -0.2) is 10.4 Å². The Hall–Kier alpha value is -3.19. The lowest BCUT2D eigenvalue weighted by molar-refractivity contribution is 0.0958. The van der Waals surface area contributed by atoms with E-state index in [1.807, 2.05) is 36.4 Å². The summed E-state index contributed by atoms with van der Waals surface area (Å²) in [5.41, 5.74) is 11.9. The number of amides is 1. The third-order valence-corrected chi connectivity index (χ3v) is 4.75. The average molecular weight is 380 g/mol. The minimum atomic E-state index is -0.323. The van der Waals surface area contributed by atoms with Crippen molar-refractivity contribution in [1.29, 1.82) is 0 Å². The fraction of sp³-hybridized carbons (Fsp3) is 0.150. The van der Waals surface area contributed by atoms with Gasteiger partial charge in [-0.1, -0.05) is 41.2 Å². The molecule has 0 saturated heterocycles. The maximum Gasteiger partial charge on any atom is 0.283 e. The van der Waals surface area contributed by atoms with Gasteiger partial charge in [-0.15, -0.1) is 0 Å². The first-order valence-electron chi connectivity index (χ1n) is 8.36. The number of carbonyl (C=O) groups is 1. The number of hydrazone groups is 1. The Morgan fingerprint density at radius 2 is 2.04 bits per heavy atom. The molecule has 0 radical (unpaired) electrons. The number of rotatable bonds is 6. The van der Waals surface area contributed by atoms with Gasteiger partial charge in [-0.3, -0.25) is 4.79 Å². The molecule has 0 spiro atoms. The molecule has 1 amide bonds. The minimum absolute atomic E-state index is 0.323. The average Bonchev–Trinajstić information content (AvgIpc) is 2.99. The summed E-state index contributed by atoms with van der Waals surface area (Å²) in [5.74, 6) is 0.449. The fourth-order valence-corrected chi connectivity index (χ4v) is 3.19. The number of ether oxygens (including phenoxy) is 1. The van der Waals surface area contributed by atoms with Crippen LogP contribution in [0.1, 0.15) is 32.1 Å². The van der Waals surface area contributed by atoms with Gasteiger partial charge in [0.1, 0.15) is 17.2 Å². The third kappa shape index (κ3) is 5.15. The summed E-state index contributed by atoms with van der Waals surface area (Å²) < 4.78 is 5.79. The number of benzene rings is 2. The lowest BCUT2D eigenvalue weighted by Gasteiger charge is -2.07. The standard InChI is InChI=1S/C20H20N4O2S/c1-13-4-3-5-16(10-13)12-26-17-8-6-15(7-9-17)11-22-24-19(25)18-14(2)23-20(21)27-18/h3-11H,12H2,1-2H3,(H2,21,23)(H,24,25)/b22-11-. The highest BCUT2D eigenvalue weighted by atomic mass is 32.1. The number of anilines is 1. The van der Waals surface area contributed by atoms with E-state index in [0.29, 0.717) is 22.3 Å². The molecule has 0 aliphatic rings. The van der Waals surface area contributed by atoms with E-state index in [9.17, 15) is 4.79 Å². The zero-order valence-electron chi connectivity index (χ0n) is 15.1. The fourth-order valence-electron chi connectivity index (χ4n) is 2.46. The Morgan fingerprint density at radius 3 is 2.70 bits per heavy atom. The van der Waals surface area contributed by atoms with Gasteiger partial charge in [-0.05, 0) is 49.2 Å². The van der Waals surface area contributed by atoms with Gasteiger partial charge in [0.2, 0.25) is 0 Å². The van der Waals surface area contributed by atoms with Crippen LogP contribution in [-0.2, 0) is 6.61 Å². The van der Waals surface area contributed by atoms with Crippen molar-refractivity contribution in [3.05, 3.63) is 75.8 Å². The van der Waals surface area contributed by atoms with Crippen LogP contribution in [0.4, 0.5) is 5.13 Å². The summed E-state index contributed by atoms with van der Waals surface area (Å²) >= 11 is 1.14. The van der Waals surface area contributed by atoms with Crippen molar-refractivity contribution in [1.82, 2.24) is 10.4 Å². The topological polar surface area (TPSA) is 89.6 Å². The van der Waals surface area contributed by atoms with Crippen molar-refractivity contribution in [3.63, 3.8) is 0 Å². The maximum absolute atomic E-state index is 12.0. The van der Waals surface area contributed by atoms with E-state index in [1.54, 1.807) is 13.1 Å². The van der Waals surface area contributed by atoms with Crippen molar-refractivity contribution in [2.45, 2.75) is 20.5 Å². The smallest absolute Gasteiger partial charge is 0.283 e. The molecule has 138 valence electrons. The van der Waals surface area contributed by atoms with Gasteiger partial charge >= 0.3 is 0 Å². The van der Waals surface area contributed by atoms with Crippen LogP contribution in [0.2, 0.25) is 0 Å². The summed E-state index contributed by atoms with van der Waals surface area (Å²) in [6.45, 7) is 4.31. The second-order valence-corrected chi connectivity index (χ2v) is 7.04. The first-order chi connectivity index (χ1) is 13.0. The number of hydrogen-bond donors (Lipinski definition) is 2. The van der Waals surface area contributed by atoms with Crippen molar-refractivity contribution in [2.24, 2.45) is 5.10 Å². The zero-order chi connectivity index (χ0) is 19.2. The predicted octanol–water partition coefficient (Wildman–Crippen LogP) is 3.69. The van der Waals surface area contributed by atoms with Crippen LogP contribution in [0, 0.1) is 13.8 Å². The van der Waals surface area contributed by atoms with Crippen LogP contribution >= 0.6 is 11.3 Å². The van der Waals surface area contributed by atoms with Crippen molar-refractivity contribution in [2.75, 3.05) is 5.73 Å². The highest BCUT2D eigenvalue weighted by molar-refractivity contribution is 7.17. The van der Waals surface area contributed by atoms with Crippen LogP contribution in [0.25, 0.3) is 0 Å². The quantitative estimate of drug-likeness (QED) is 0.504. The molecule has 1 heterocycles. The molecule has 3 N–H and O–H groups in total. The minimum Gasteiger partial charge on any atom is -0.489 e. The Bertz CT molecular complexity index is 964. The molecule has 0 saturated carbocycles. The zero-order valence-corrected chi connectivity index (χ0v) is 15.9. The Balaban J connectivity index is 1.53. The summed E-state index contributed by atoms with van der Waals surface area (Å²) in [7, 11) is 0. The van der Waals surface area contributed by atoms with E-state index in [1.165, 1.54) is 5.56 Å². The number of aromatic nitrogens is 1. The van der Waals surface area contributed by atoms with Crippen LogP contribution in [-0.4, -0.2) is 17.1 Å². The van der Waals surface area contributed by atoms with Gasteiger partial charge < -0.3 is 10.5 Å². The van der Waals surface area contributed by atoms with Crippen LogP contribution in [0.15, 0.2) is 53.6 Å². The number of hydrogen-bond acceptors (Lipinski definition) is 6.